The van der Waals surface area contributed by atoms with Gasteiger partial charge in [0.25, 0.3) is 0 Å². The molecule has 1 heterocycles. The van der Waals surface area contributed by atoms with Gasteiger partial charge in [-0.3, -0.25) is 0 Å². The van der Waals surface area contributed by atoms with Crippen LogP contribution in [0, 0.1) is 0 Å². The Kier molecular flexibility index (Phi) is 3.21. The van der Waals surface area contributed by atoms with E-state index in [1.54, 1.807) is 11.3 Å². The maximum absolute atomic E-state index is 4.61. The molecule has 0 aliphatic heterocycles. The van der Waals surface area contributed by atoms with E-state index < -0.39 is 0 Å². The number of nitrogens with zero attached hydrogens (tertiary/aromatic N) is 2. The first kappa shape index (κ1) is 11.6. The minimum Gasteiger partial charge on any atom is -0.312 e. The minimum atomic E-state index is 0.715. The summed E-state index contributed by atoms with van der Waals surface area (Å²) in [6.45, 7) is 0.715. The van der Waals surface area contributed by atoms with Gasteiger partial charge < -0.3 is 4.31 Å². The van der Waals surface area contributed by atoms with Crippen LogP contribution in [-0.4, -0.2) is 4.98 Å². The number of benzene rings is 2. The van der Waals surface area contributed by atoms with Crippen molar-refractivity contribution in [1.82, 2.24) is 4.98 Å². The van der Waals surface area contributed by atoms with Gasteiger partial charge in [-0.05, 0) is 24.3 Å². The molecule has 3 rings (SSSR count). The molecule has 0 fully saturated rings. The molecule has 0 radical (unpaired) electrons. The average Bonchev–Trinajstić information content (AvgIpc) is 2.82. The molecule has 0 aliphatic rings. The van der Waals surface area contributed by atoms with E-state index in [2.05, 4.69) is 23.9 Å². The van der Waals surface area contributed by atoms with Crippen molar-refractivity contribution in [2.45, 2.75) is 6.54 Å². The van der Waals surface area contributed by atoms with E-state index in [-0.39, 0.29) is 0 Å². The van der Waals surface area contributed by atoms with E-state index >= 15 is 0 Å². The first-order chi connectivity index (χ1) is 8.83. The van der Waals surface area contributed by atoms with Crippen molar-refractivity contribution in [2.75, 3.05) is 4.31 Å². The molecule has 18 heavy (non-hydrogen) atoms. The molecule has 0 unspecified atom stereocenters. The van der Waals surface area contributed by atoms with Gasteiger partial charge in [0.1, 0.15) is 5.01 Å². The van der Waals surface area contributed by atoms with Crippen LogP contribution in [0.5, 0.6) is 0 Å². The normalized spacial score (nSPS) is 10.7. The Balaban J connectivity index is 1.84. The quantitative estimate of drug-likeness (QED) is 0.721. The topological polar surface area (TPSA) is 16.1 Å². The van der Waals surface area contributed by atoms with Crippen LogP contribution in [0.4, 0.5) is 5.69 Å². The van der Waals surface area contributed by atoms with Crippen molar-refractivity contribution in [1.29, 1.82) is 0 Å². The van der Waals surface area contributed by atoms with Crippen molar-refractivity contribution in [3.05, 3.63) is 59.6 Å². The van der Waals surface area contributed by atoms with Gasteiger partial charge in [-0.2, -0.15) is 0 Å². The molecule has 0 spiro atoms. The Labute approximate surface area is 115 Å². The lowest BCUT2D eigenvalue weighted by Crippen LogP contribution is -2.09. The van der Waals surface area contributed by atoms with Gasteiger partial charge >= 0.3 is 0 Å². The number of para-hydroxylation sites is 2. The van der Waals surface area contributed by atoms with Gasteiger partial charge in [0.2, 0.25) is 0 Å². The second-order valence-electron chi connectivity index (χ2n) is 3.97. The molecule has 0 amide bonds. The van der Waals surface area contributed by atoms with Crippen LogP contribution in [0.15, 0.2) is 54.6 Å². The summed E-state index contributed by atoms with van der Waals surface area (Å²) in [4.78, 5) is 4.61. The molecule has 90 valence electrons. The summed E-state index contributed by atoms with van der Waals surface area (Å²) in [5, 5.41) is 1.08. The smallest absolute Gasteiger partial charge is 0.114 e. The zero-order valence-corrected chi connectivity index (χ0v) is 11.4. The number of thiol groups is 1. The van der Waals surface area contributed by atoms with Crippen molar-refractivity contribution >= 4 is 40.1 Å². The maximum atomic E-state index is 4.61. The summed E-state index contributed by atoms with van der Waals surface area (Å²) < 4.78 is 3.14. The van der Waals surface area contributed by atoms with Crippen LogP contribution in [-0.2, 0) is 6.54 Å². The van der Waals surface area contributed by atoms with E-state index in [0.717, 1.165) is 16.2 Å². The summed E-state index contributed by atoms with van der Waals surface area (Å²) in [6, 6.07) is 18.3. The number of thiazole rings is 1. The third-order valence-corrected chi connectivity index (χ3v) is 4.07. The number of anilines is 1. The summed E-state index contributed by atoms with van der Waals surface area (Å²) in [5.41, 5.74) is 2.15. The summed E-state index contributed by atoms with van der Waals surface area (Å²) in [5.74, 6) is 0. The van der Waals surface area contributed by atoms with E-state index in [1.807, 2.05) is 52.8 Å². The molecule has 2 aromatic carbocycles. The highest BCUT2D eigenvalue weighted by Gasteiger charge is 2.07. The van der Waals surface area contributed by atoms with E-state index in [0.29, 0.717) is 6.54 Å². The van der Waals surface area contributed by atoms with E-state index in [4.69, 9.17) is 0 Å². The van der Waals surface area contributed by atoms with Crippen molar-refractivity contribution in [3.8, 4) is 0 Å². The lowest BCUT2D eigenvalue weighted by Gasteiger charge is -2.15. The van der Waals surface area contributed by atoms with Crippen LogP contribution < -0.4 is 4.31 Å². The number of fused-ring (bicyclic) bond motifs is 1. The summed E-state index contributed by atoms with van der Waals surface area (Å²) in [7, 11) is 0. The standard InChI is InChI=1S/C14H12N2S2/c17-16(11-6-2-1-3-7-11)10-14-15-12-8-4-5-9-13(12)18-14/h1-9,17H,10H2. The second kappa shape index (κ2) is 5.00. The fourth-order valence-corrected chi connectivity index (χ4v) is 3.13. The first-order valence-corrected chi connectivity index (χ1v) is 6.90. The van der Waals surface area contributed by atoms with Gasteiger partial charge in [-0.1, -0.05) is 43.1 Å². The molecule has 0 aliphatic carbocycles. The monoisotopic (exact) mass is 272 g/mol. The van der Waals surface area contributed by atoms with Gasteiger partial charge in [0, 0.05) is 5.69 Å². The Hall–Kier alpha value is -1.52. The maximum Gasteiger partial charge on any atom is 0.114 e. The largest absolute Gasteiger partial charge is 0.312 e. The SMILES string of the molecule is SN(Cc1nc2ccccc2s1)c1ccccc1. The Morgan fingerprint density at radius 2 is 1.72 bits per heavy atom. The van der Waals surface area contributed by atoms with Gasteiger partial charge in [-0.15, -0.1) is 11.3 Å². The predicted octanol–water partition coefficient (Wildman–Crippen LogP) is 4.15. The van der Waals surface area contributed by atoms with Crippen LogP contribution in [0.1, 0.15) is 5.01 Å². The van der Waals surface area contributed by atoms with Gasteiger partial charge in [0.05, 0.1) is 16.8 Å². The Morgan fingerprint density at radius 3 is 2.50 bits per heavy atom. The molecule has 0 bridgehead atoms. The number of hydrogen-bond acceptors (Lipinski definition) is 4. The average molecular weight is 272 g/mol. The second-order valence-corrected chi connectivity index (χ2v) is 5.57. The molecule has 0 saturated carbocycles. The molecule has 0 atom stereocenters. The zero-order valence-electron chi connectivity index (χ0n) is 9.65. The highest BCUT2D eigenvalue weighted by atomic mass is 32.1. The molecule has 4 heteroatoms. The van der Waals surface area contributed by atoms with Gasteiger partial charge in [0.15, 0.2) is 0 Å². The highest BCUT2D eigenvalue weighted by Crippen LogP contribution is 2.25. The summed E-state index contributed by atoms with van der Waals surface area (Å²) in [6.07, 6.45) is 0. The fraction of sp³-hybridized carbons (Fsp3) is 0.0714. The molecule has 3 aromatic rings. The van der Waals surface area contributed by atoms with Crippen LogP contribution in [0.3, 0.4) is 0 Å². The fourth-order valence-electron chi connectivity index (χ4n) is 1.81. The molecule has 1 aromatic heterocycles. The highest BCUT2D eigenvalue weighted by molar-refractivity contribution is 7.81. The summed E-state index contributed by atoms with van der Waals surface area (Å²) >= 11 is 6.23. The molecular weight excluding hydrogens is 260 g/mol. The first-order valence-electron chi connectivity index (χ1n) is 5.69. The number of rotatable bonds is 3. The lowest BCUT2D eigenvalue weighted by atomic mass is 10.3. The van der Waals surface area contributed by atoms with E-state index in [9.17, 15) is 0 Å². The predicted molar refractivity (Wildman–Crippen MR) is 81.2 cm³/mol. The van der Waals surface area contributed by atoms with Crippen molar-refractivity contribution in [2.24, 2.45) is 0 Å². The zero-order chi connectivity index (χ0) is 12.4. The minimum absolute atomic E-state index is 0.715. The third-order valence-electron chi connectivity index (χ3n) is 2.68. The Morgan fingerprint density at radius 1 is 1.00 bits per heavy atom. The number of aromatic nitrogens is 1. The van der Waals surface area contributed by atoms with Crippen LogP contribution in [0.2, 0.25) is 0 Å². The van der Waals surface area contributed by atoms with Crippen molar-refractivity contribution in [3.63, 3.8) is 0 Å². The molecular formula is C14H12N2S2. The van der Waals surface area contributed by atoms with Gasteiger partial charge in [-0.25, -0.2) is 4.98 Å². The molecule has 0 N–H and O–H groups in total. The molecule has 2 nitrogen and oxygen atoms in total. The number of hydrogen-bond donors (Lipinski definition) is 1. The lowest BCUT2D eigenvalue weighted by molar-refractivity contribution is 1.04. The Bertz CT molecular complexity index is 616. The van der Waals surface area contributed by atoms with E-state index in [1.165, 1.54) is 4.70 Å². The molecule has 0 saturated heterocycles. The van der Waals surface area contributed by atoms with Crippen molar-refractivity contribution < 1.29 is 0 Å². The third kappa shape index (κ3) is 2.35. The van der Waals surface area contributed by atoms with Crippen LogP contribution >= 0.6 is 24.2 Å². The van der Waals surface area contributed by atoms with Crippen LogP contribution in [0.25, 0.3) is 10.2 Å².